The lowest BCUT2D eigenvalue weighted by Crippen LogP contribution is -2.36. The van der Waals surface area contributed by atoms with E-state index in [4.69, 9.17) is 9.47 Å². The molecule has 18 heavy (non-hydrogen) atoms. The first-order chi connectivity index (χ1) is 8.60. The Labute approximate surface area is 108 Å². The van der Waals surface area contributed by atoms with Crippen LogP contribution < -0.4 is 10.1 Å². The minimum atomic E-state index is 0.169. The monoisotopic (exact) mass is 251 g/mol. The van der Waals surface area contributed by atoms with Crippen molar-refractivity contribution < 1.29 is 9.47 Å². The van der Waals surface area contributed by atoms with Crippen LogP contribution in [-0.4, -0.2) is 35.3 Å². The number of hydrogen-bond donors (Lipinski definition) is 1. The normalized spacial score (nSPS) is 27.9. The molecule has 0 radical (unpaired) electrons. The van der Waals surface area contributed by atoms with E-state index in [1.807, 2.05) is 14.0 Å². The van der Waals surface area contributed by atoms with Crippen LogP contribution in [0.2, 0.25) is 0 Å². The molecule has 1 aromatic rings. The Kier molecular flexibility index (Phi) is 4.01. The maximum atomic E-state index is 6.00. The van der Waals surface area contributed by atoms with Gasteiger partial charge in [0.15, 0.2) is 0 Å². The van der Waals surface area contributed by atoms with Crippen molar-refractivity contribution in [3.8, 4) is 5.88 Å². The van der Waals surface area contributed by atoms with Crippen LogP contribution in [0.3, 0.4) is 0 Å². The maximum absolute atomic E-state index is 6.00. The number of aromatic nitrogens is 2. The van der Waals surface area contributed by atoms with Gasteiger partial charge in [-0.2, -0.15) is 0 Å². The lowest BCUT2D eigenvalue weighted by Gasteiger charge is -2.32. The molecule has 2 unspecified atom stereocenters. The zero-order valence-corrected chi connectivity index (χ0v) is 11.4. The Bertz CT molecular complexity index is 401. The highest BCUT2D eigenvalue weighted by atomic mass is 16.5. The summed E-state index contributed by atoms with van der Waals surface area (Å²) in [7, 11) is 1.84. The smallest absolute Gasteiger partial charge is 0.221 e. The van der Waals surface area contributed by atoms with E-state index in [2.05, 4.69) is 29.1 Å². The Hall–Kier alpha value is -1.36. The third kappa shape index (κ3) is 2.90. The molecule has 0 saturated carbocycles. The first kappa shape index (κ1) is 13.1. The molecule has 1 saturated heterocycles. The number of rotatable bonds is 3. The van der Waals surface area contributed by atoms with Crippen LogP contribution in [0.15, 0.2) is 6.33 Å². The van der Waals surface area contributed by atoms with Crippen molar-refractivity contribution in [2.24, 2.45) is 0 Å². The van der Waals surface area contributed by atoms with Crippen LogP contribution in [0.25, 0.3) is 0 Å². The van der Waals surface area contributed by atoms with Gasteiger partial charge >= 0.3 is 0 Å². The van der Waals surface area contributed by atoms with E-state index in [1.54, 1.807) is 0 Å². The number of nitrogens with zero attached hydrogens (tertiary/aromatic N) is 2. The van der Waals surface area contributed by atoms with Crippen molar-refractivity contribution >= 4 is 5.82 Å². The van der Waals surface area contributed by atoms with Gasteiger partial charge in [-0.3, -0.25) is 0 Å². The molecule has 2 rings (SSSR count). The van der Waals surface area contributed by atoms with Crippen LogP contribution >= 0.6 is 0 Å². The zero-order valence-electron chi connectivity index (χ0n) is 11.4. The highest BCUT2D eigenvalue weighted by molar-refractivity contribution is 5.46. The quantitative estimate of drug-likeness (QED) is 0.892. The molecule has 1 aromatic heterocycles. The van der Waals surface area contributed by atoms with E-state index in [1.165, 1.54) is 6.33 Å². The molecular weight excluding hydrogens is 230 g/mol. The third-order valence-corrected chi connectivity index (χ3v) is 3.21. The van der Waals surface area contributed by atoms with E-state index in [9.17, 15) is 0 Å². The van der Waals surface area contributed by atoms with Crippen molar-refractivity contribution in [1.82, 2.24) is 9.97 Å². The van der Waals surface area contributed by atoms with Gasteiger partial charge in [-0.1, -0.05) is 0 Å². The van der Waals surface area contributed by atoms with Gasteiger partial charge in [0.2, 0.25) is 5.88 Å². The Morgan fingerprint density at radius 2 is 1.94 bits per heavy atom. The van der Waals surface area contributed by atoms with Crippen molar-refractivity contribution in [2.75, 3.05) is 12.4 Å². The largest absolute Gasteiger partial charge is 0.474 e. The molecule has 0 spiro atoms. The molecular formula is C13H21N3O2. The topological polar surface area (TPSA) is 56.3 Å². The van der Waals surface area contributed by atoms with Crippen molar-refractivity contribution in [2.45, 2.75) is 51.9 Å². The summed E-state index contributed by atoms with van der Waals surface area (Å²) in [5.74, 6) is 1.48. The van der Waals surface area contributed by atoms with Gasteiger partial charge in [0.25, 0.3) is 0 Å². The molecule has 1 aliphatic heterocycles. The highest BCUT2D eigenvalue weighted by Gasteiger charge is 2.26. The number of hydrogen-bond acceptors (Lipinski definition) is 5. The van der Waals surface area contributed by atoms with Crippen molar-refractivity contribution in [1.29, 1.82) is 0 Å². The minimum Gasteiger partial charge on any atom is -0.474 e. The molecule has 0 aliphatic carbocycles. The molecule has 100 valence electrons. The molecule has 5 nitrogen and oxygen atoms in total. The predicted molar refractivity (Wildman–Crippen MR) is 70.0 cm³/mol. The minimum absolute atomic E-state index is 0.169. The number of ether oxygens (including phenoxy) is 2. The lowest BCUT2D eigenvalue weighted by atomic mass is 10.0. The average Bonchev–Trinajstić information content (AvgIpc) is 2.30. The summed E-state index contributed by atoms with van der Waals surface area (Å²) in [5.41, 5.74) is 0.951. The van der Waals surface area contributed by atoms with E-state index >= 15 is 0 Å². The van der Waals surface area contributed by atoms with Gasteiger partial charge in [0.1, 0.15) is 18.2 Å². The van der Waals surface area contributed by atoms with Crippen molar-refractivity contribution in [3.05, 3.63) is 11.9 Å². The van der Waals surface area contributed by atoms with E-state index in [0.717, 1.165) is 24.2 Å². The van der Waals surface area contributed by atoms with E-state index < -0.39 is 0 Å². The SMILES string of the molecule is CNc1ncnc(OC2CC(C)OC(C)C2)c1C. The summed E-state index contributed by atoms with van der Waals surface area (Å²) in [6, 6.07) is 0. The van der Waals surface area contributed by atoms with E-state index in [0.29, 0.717) is 5.88 Å². The second kappa shape index (κ2) is 5.52. The van der Waals surface area contributed by atoms with Crippen LogP contribution in [-0.2, 0) is 4.74 Å². The predicted octanol–water partition coefficient (Wildman–Crippen LogP) is 2.16. The summed E-state index contributed by atoms with van der Waals surface area (Å²) in [6.45, 7) is 6.13. The van der Waals surface area contributed by atoms with Crippen LogP contribution in [0.1, 0.15) is 32.3 Å². The van der Waals surface area contributed by atoms with Crippen LogP contribution in [0.4, 0.5) is 5.82 Å². The summed E-state index contributed by atoms with van der Waals surface area (Å²) in [4.78, 5) is 8.37. The second-order valence-corrected chi connectivity index (χ2v) is 4.87. The van der Waals surface area contributed by atoms with Gasteiger partial charge in [-0.25, -0.2) is 9.97 Å². The summed E-state index contributed by atoms with van der Waals surface area (Å²) in [5, 5.41) is 3.03. The Morgan fingerprint density at radius 3 is 2.56 bits per heavy atom. The number of anilines is 1. The van der Waals surface area contributed by atoms with Gasteiger partial charge in [0.05, 0.1) is 17.8 Å². The molecule has 1 fully saturated rings. The van der Waals surface area contributed by atoms with Gasteiger partial charge in [-0.05, 0) is 20.8 Å². The number of nitrogens with one attached hydrogen (secondary N) is 1. The molecule has 2 atom stereocenters. The highest BCUT2D eigenvalue weighted by Crippen LogP contribution is 2.26. The van der Waals surface area contributed by atoms with Crippen molar-refractivity contribution in [3.63, 3.8) is 0 Å². The zero-order chi connectivity index (χ0) is 13.1. The Morgan fingerprint density at radius 1 is 1.28 bits per heavy atom. The molecule has 2 heterocycles. The molecule has 1 N–H and O–H groups in total. The Balaban J connectivity index is 2.09. The third-order valence-electron chi connectivity index (χ3n) is 3.21. The summed E-state index contributed by atoms with van der Waals surface area (Å²) < 4.78 is 11.7. The molecule has 0 amide bonds. The van der Waals surface area contributed by atoms with Gasteiger partial charge in [0, 0.05) is 19.9 Å². The fourth-order valence-electron chi connectivity index (χ4n) is 2.40. The molecule has 0 bridgehead atoms. The molecule has 0 aromatic carbocycles. The maximum Gasteiger partial charge on any atom is 0.221 e. The van der Waals surface area contributed by atoms with Gasteiger partial charge < -0.3 is 14.8 Å². The lowest BCUT2D eigenvalue weighted by molar-refractivity contribution is -0.0731. The van der Waals surface area contributed by atoms with Crippen LogP contribution in [0.5, 0.6) is 5.88 Å². The summed E-state index contributed by atoms with van der Waals surface area (Å²) in [6.07, 6.45) is 3.99. The molecule has 5 heteroatoms. The summed E-state index contributed by atoms with van der Waals surface area (Å²) >= 11 is 0. The van der Waals surface area contributed by atoms with E-state index in [-0.39, 0.29) is 18.3 Å². The first-order valence-corrected chi connectivity index (χ1v) is 6.41. The average molecular weight is 251 g/mol. The van der Waals surface area contributed by atoms with Crippen LogP contribution in [0, 0.1) is 6.92 Å². The fraction of sp³-hybridized carbons (Fsp3) is 0.692. The first-order valence-electron chi connectivity index (χ1n) is 6.41. The van der Waals surface area contributed by atoms with Gasteiger partial charge in [-0.15, -0.1) is 0 Å². The standard InChI is InChI=1S/C13H21N3O2/c1-8-5-11(6-9(2)17-8)18-13-10(3)12(14-4)15-7-16-13/h7-9,11H,5-6H2,1-4H3,(H,14,15,16). The fourth-order valence-corrected chi connectivity index (χ4v) is 2.40. The second-order valence-electron chi connectivity index (χ2n) is 4.87. The molecule has 1 aliphatic rings.